The average Bonchev–Trinajstić information content (AvgIpc) is 2.30. The lowest BCUT2D eigenvalue weighted by Gasteiger charge is -2.11. The van der Waals surface area contributed by atoms with Crippen LogP contribution in [0, 0.1) is 5.92 Å². The zero-order valence-corrected chi connectivity index (χ0v) is 10.9. The molecule has 0 aromatic heterocycles. The van der Waals surface area contributed by atoms with Gasteiger partial charge < -0.3 is 10.1 Å². The van der Waals surface area contributed by atoms with Crippen LogP contribution in [0.2, 0.25) is 0 Å². The van der Waals surface area contributed by atoms with Crippen LogP contribution in [0.15, 0.2) is 30.3 Å². The molecule has 1 unspecified atom stereocenters. The van der Waals surface area contributed by atoms with Gasteiger partial charge in [-0.05, 0) is 36.6 Å². The maximum Gasteiger partial charge on any atom is 0.119 e. The van der Waals surface area contributed by atoms with Crippen molar-refractivity contribution in [1.29, 1.82) is 0 Å². The fourth-order valence-corrected chi connectivity index (χ4v) is 2.14. The van der Waals surface area contributed by atoms with Gasteiger partial charge in [-0.15, -0.1) is 0 Å². The maximum absolute atomic E-state index is 5.58. The fraction of sp³-hybridized carbons (Fsp3) is 0.538. The Hall–Kier alpha value is -0.670. The quantitative estimate of drug-likeness (QED) is 0.705. The molecule has 1 aromatic rings. The van der Waals surface area contributed by atoms with Crippen molar-refractivity contribution in [3.8, 4) is 5.75 Å². The third-order valence-corrected chi connectivity index (χ3v) is 3.14. The maximum atomic E-state index is 5.58. The van der Waals surface area contributed by atoms with Crippen LogP contribution in [0.1, 0.15) is 6.92 Å². The summed E-state index contributed by atoms with van der Waals surface area (Å²) in [6.07, 6.45) is 2.15. The summed E-state index contributed by atoms with van der Waals surface area (Å²) in [5.41, 5.74) is 0. The predicted octanol–water partition coefficient (Wildman–Crippen LogP) is 2.65. The van der Waals surface area contributed by atoms with E-state index in [2.05, 4.69) is 18.5 Å². The topological polar surface area (TPSA) is 21.3 Å². The molecule has 2 nitrogen and oxygen atoms in total. The smallest absolute Gasteiger partial charge is 0.119 e. The molecule has 1 N–H and O–H groups in total. The van der Waals surface area contributed by atoms with Gasteiger partial charge in [-0.2, -0.15) is 11.8 Å². The molecule has 0 saturated carbocycles. The van der Waals surface area contributed by atoms with E-state index in [9.17, 15) is 0 Å². The van der Waals surface area contributed by atoms with E-state index in [1.807, 2.05) is 42.1 Å². The number of hydrogen-bond donors (Lipinski definition) is 1. The van der Waals surface area contributed by atoms with Crippen molar-refractivity contribution in [3.05, 3.63) is 30.3 Å². The molecule has 0 aliphatic rings. The van der Waals surface area contributed by atoms with Gasteiger partial charge in [0.2, 0.25) is 0 Å². The Labute approximate surface area is 103 Å². The second kappa shape index (κ2) is 8.48. The Morgan fingerprint density at radius 1 is 1.31 bits per heavy atom. The first kappa shape index (κ1) is 13.4. The lowest BCUT2D eigenvalue weighted by Crippen LogP contribution is -2.26. The predicted molar refractivity (Wildman–Crippen MR) is 72.4 cm³/mol. The molecule has 16 heavy (non-hydrogen) atoms. The molecular formula is C13H21NOS. The molecule has 0 amide bonds. The van der Waals surface area contributed by atoms with Crippen molar-refractivity contribution in [2.24, 2.45) is 5.92 Å². The van der Waals surface area contributed by atoms with Crippen LogP contribution in [0.25, 0.3) is 0 Å². The van der Waals surface area contributed by atoms with E-state index < -0.39 is 0 Å². The van der Waals surface area contributed by atoms with Crippen LogP contribution in [0.4, 0.5) is 0 Å². The van der Waals surface area contributed by atoms with E-state index in [1.54, 1.807) is 0 Å². The summed E-state index contributed by atoms with van der Waals surface area (Å²) in [7, 11) is 0. The van der Waals surface area contributed by atoms with E-state index in [1.165, 1.54) is 5.75 Å². The summed E-state index contributed by atoms with van der Waals surface area (Å²) in [5, 5.41) is 3.40. The number of ether oxygens (including phenoxy) is 1. The lowest BCUT2D eigenvalue weighted by atomic mass is 10.2. The summed E-state index contributed by atoms with van der Waals surface area (Å²) in [5.74, 6) is 2.89. The molecule has 0 bridgehead atoms. The SMILES string of the molecule is CSCC(C)CNCCOc1ccccc1. The Balaban J connectivity index is 2.00. The minimum atomic E-state index is 0.728. The van der Waals surface area contributed by atoms with Crippen molar-refractivity contribution < 1.29 is 4.74 Å². The summed E-state index contributed by atoms with van der Waals surface area (Å²) in [6, 6.07) is 9.94. The van der Waals surface area contributed by atoms with E-state index in [-0.39, 0.29) is 0 Å². The zero-order chi connectivity index (χ0) is 11.6. The Bertz CT molecular complexity index is 266. The fourth-order valence-electron chi connectivity index (χ4n) is 1.45. The highest BCUT2D eigenvalue weighted by Crippen LogP contribution is 2.07. The normalized spacial score (nSPS) is 12.4. The summed E-state index contributed by atoms with van der Waals surface area (Å²) in [6.45, 7) is 4.98. The highest BCUT2D eigenvalue weighted by Gasteiger charge is 1.99. The van der Waals surface area contributed by atoms with Crippen LogP contribution in [-0.4, -0.2) is 31.7 Å². The van der Waals surface area contributed by atoms with Gasteiger partial charge in [-0.25, -0.2) is 0 Å². The summed E-state index contributed by atoms with van der Waals surface area (Å²) >= 11 is 1.90. The van der Waals surface area contributed by atoms with Gasteiger partial charge in [0, 0.05) is 6.54 Å². The second-order valence-electron chi connectivity index (χ2n) is 3.93. The molecular weight excluding hydrogens is 218 g/mol. The van der Waals surface area contributed by atoms with Gasteiger partial charge in [0.25, 0.3) is 0 Å². The Morgan fingerprint density at radius 3 is 2.75 bits per heavy atom. The Morgan fingerprint density at radius 2 is 2.06 bits per heavy atom. The van der Waals surface area contributed by atoms with Crippen LogP contribution < -0.4 is 10.1 Å². The van der Waals surface area contributed by atoms with Crippen molar-refractivity contribution in [2.75, 3.05) is 31.7 Å². The minimum absolute atomic E-state index is 0.728. The zero-order valence-electron chi connectivity index (χ0n) is 10.1. The molecule has 1 rings (SSSR count). The Kier molecular flexibility index (Phi) is 7.10. The van der Waals surface area contributed by atoms with E-state index >= 15 is 0 Å². The summed E-state index contributed by atoms with van der Waals surface area (Å²) in [4.78, 5) is 0. The van der Waals surface area contributed by atoms with Crippen LogP contribution >= 0.6 is 11.8 Å². The molecule has 3 heteroatoms. The first-order chi connectivity index (χ1) is 7.83. The van der Waals surface area contributed by atoms with Crippen molar-refractivity contribution in [2.45, 2.75) is 6.92 Å². The third kappa shape index (κ3) is 6.03. The largest absolute Gasteiger partial charge is 0.492 e. The number of hydrogen-bond acceptors (Lipinski definition) is 3. The van der Waals surface area contributed by atoms with Gasteiger partial charge in [0.1, 0.15) is 12.4 Å². The van der Waals surface area contributed by atoms with E-state index in [0.29, 0.717) is 0 Å². The molecule has 90 valence electrons. The molecule has 0 aliphatic carbocycles. The monoisotopic (exact) mass is 239 g/mol. The molecule has 1 aromatic carbocycles. The molecule has 0 aliphatic heterocycles. The van der Waals surface area contributed by atoms with Crippen LogP contribution in [-0.2, 0) is 0 Å². The van der Waals surface area contributed by atoms with Crippen molar-refractivity contribution in [3.63, 3.8) is 0 Å². The van der Waals surface area contributed by atoms with Gasteiger partial charge in [-0.3, -0.25) is 0 Å². The molecule has 0 spiro atoms. The molecule has 0 fully saturated rings. The van der Waals surface area contributed by atoms with Gasteiger partial charge in [0.05, 0.1) is 0 Å². The number of benzene rings is 1. The molecule has 1 atom stereocenters. The van der Waals surface area contributed by atoms with E-state index in [0.717, 1.165) is 31.4 Å². The van der Waals surface area contributed by atoms with Crippen LogP contribution in [0.5, 0.6) is 5.75 Å². The number of nitrogens with one attached hydrogen (secondary N) is 1. The highest BCUT2D eigenvalue weighted by atomic mass is 32.2. The number of thioether (sulfide) groups is 1. The number of rotatable bonds is 8. The van der Waals surface area contributed by atoms with E-state index in [4.69, 9.17) is 4.74 Å². The average molecular weight is 239 g/mol. The van der Waals surface area contributed by atoms with Gasteiger partial charge >= 0.3 is 0 Å². The first-order valence-electron chi connectivity index (χ1n) is 5.70. The lowest BCUT2D eigenvalue weighted by molar-refractivity contribution is 0.311. The first-order valence-corrected chi connectivity index (χ1v) is 7.10. The molecule has 0 saturated heterocycles. The third-order valence-electron chi connectivity index (χ3n) is 2.23. The van der Waals surface area contributed by atoms with Gasteiger partial charge in [0.15, 0.2) is 0 Å². The second-order valence-corrected chi connectivity index (χ2v) is 4.84. The van der Waals surface area contributed by atoms with Crippen molar-refractivity contribution >= 4 is 11.8 Å². The minimum Gasteiger partial charge on any atom is -0.492 e. The highest BCUT2D eigenvalue weighted by molar-refractivity contribution is 7.98. The standard InChI is InChI=1S/C13H21NOS/c1-12(11-16-2)10-14-8-9-15-13-6-4-3-5-7-13/h3-7,12,14H,8-11H2,1-2H3. The number of para-hydroxylation sites is 1. The molecule has 0 heterocycles. The van der Waals surface area contributed by atoms with Gasteiger partial charge in [-0.1, -0.05) is 25.1 Å². The van der Waals surface area contributed by atoms with Crippen molar-refractivity contribution in [1.82, 2.24) is 5.32 Å². The van der Waals surface area contributed by atoms with Crippen LogP contribution in [0.3, 0.4) is 0 Å². The summed E-state index contributed by atoms with van der Waals surface area (Å²) < 4.78 is 5.58. The molecule has 0 radical (unpaired) electrons.